The molecule has 3 heterocycles. The normalized spacial score (nSPS) is 20.5. The van der Waals surface area contributed by atoms with Gasteiger partial charge in [-0.1, -0.05) is 11.6 Å². The number of carboxylic acids is 1. The molecule has 1 aromatic heterocycles. The molecule has 1 aromatic rings. The van der Waals surface area contributed by atoms with Crippen LogP contribution in [0, 0.1) is 13.8 Å². The molecule has 0 aliphatic carbocycles. The van der Waals surface area contributed by atoms with Crippen LogP contribution < -0.4 is 5.32 Å². The van der Waals surface area contributed by atoms with Crippen LogP contribution in [0.4, 0.5) is 0 Å². The zero-order valence-electron chi connectivity index (χ0n) is 16.6. The number of rotatable bonds is 7. The standard InChI is InChI=1S/C18H21ClN4O6S/c1-8-13(19)9(2)22(21-8)5-4-12(25)20-14-16(26)23-15(18(27)28)11(6-29-10(3)24)7-30-17(14)23/h14,17H,4-7H2,1-3H3,(H,20,25)(H,27,28)/t14-,17+/m0/s1. The van der Waals surface area contributed by atoms with Crippen molar-refractivity contribution in [2.45, 2.75) is 45.2 Å². The van der Waals surface area contributed by atoms with E-state index in [-0.39, 0.29) is 30.4 Å². The maximum Gasteiger partial charge on any atom is 0.352 e. The number of carbonyl (C=O) groups excluding carboxylic acids is 3. The monoisotopic (exact) mass is 456 g/mol. The Morgan fingerprint density at radius 1 is 1.37 bits per heavy atom. The van der Waals surface area contributed by atoms with Crippen molar-refractivity contribution in [1.82, 2.24) is 20.0 Å². The van der Waals surface area contributed by atoms with Gasteiger partial charge < -0.3 is 15.2 Å². The molecule has 0 bridgehead atoms. The molecule has 2 aliphatic rings. The van der Waals surface area contributed by atoms with Gasteiger partial charge in [0.05, 0.1) is 23.0 Å². The molecule has 10 nitrogen and oxygen atoms in total. The lowest BCUT2D eigenvalue weighted by Gasteiger charge is -2.49. The summed E-state index contributed by atoms with van der Waals surface area (Å²) in [6, 6.07) is -0.809. The van der Waals surface area contributed by atoms with E-state index in [1.807, 2.05) is 0 Å². The van der Waals surface area contributed by atoms with E-state index in [1.54, 1.807) is 18.5 Å². The number of hydrogen-bond donors (Lipinski definition) is 2. The number of halogens is 1. The van der Waals surface area contributed by atoms with E-state index in [4.69, 9.17) is 16.3 Å². The second-order valence-corrected chi connectivity index (χ2v) is 8.43. The van der Waals surface area contributed by atoms with Gasteiger partial charge in [-0.2, -0.15) is 5.10 Å². The molecular formula is C18H21ClN4O6S. The summed E-state index contributed by atoms with van der Waals surface area (Å²) < 4.78 is 6.52. The van der Waals surface area contributed by atoms with Gasteiger partial charge >= 0.3 is 11.9 Å². The lowest BCUT2D eigenvalue weighted by atomic mass is 10.0. The van der Waals surface area contributed by atoms with Gasteiger partial charge in [-0.25, -0.2) is 4.79 Å². The van der Waals surface area contributed by atoms with Crippen molar-refractivity contribution in [3.63, 3.8) is 0 Å². The van der Waals surface area contributed by atoms with Crippen molar-refractivity contribution >= 4 is 47.1 Å². The number of hydrogen-bond acceptors (Lipinski definition) is 7. The van der Waals surface area contributed by atoms with Crippen LogP contribution in [0.2, 0.25) is 5.02 Å². The summed E-state index contributed by atoms with van der Waals surface area (Å²) in [5, 5.41) is 16.5. The minimum atomic E-state index is -1.28. The molecule has 0 aromatic carbocycles. The van der Waals surface area contributed by atoms with E-state index in [2.05, 4.69) is 10.4 Å². The Morgan fingerprint density at radius 2 is 2.07 bits per heavy atom. The number of aliphatic carboxylic acids is 1. The highest BCUT2D eigenvalue weighted by Crippen LogP contribution is 2.40. The molecule has 3 rings (SSSR count). The fourth-order valence-corrected chi connectivity index (χ4v) is 4.79. The Hall–Kier alpha value is -2.53. The molecule has 1 saturated heterocycles. The number of amides is 2. The molecule has 2 aliphatic heterocycles. The van der Waals surface area contributed by atoms with Crippen LogP contribution in [0.3, 0.4) is 0 Å². The van der Waals surface area contributed by atoms with E-state index >= 15 is 0 Å². The average Bonchev–Trinajstić information content (AvgIpc) is 2.94. The molecule has 2 amide bonds. The second-order valence-electron chi connectivity index (χ2n) is 6.95. The molecule has 162 valence electrons. The summed E-state index contributed by atoms with van der Waals surface area (Å²) in [6.45, 7) is 4.92. The number of thioether (sulfide) groups is 1. The number of ether oxygens (including phenoxy) is 1. The SMILES string of the molecule is CC(=O)OCC1=C(C(=O)O)N2C(=O)[C@H](NC(=O)CCn3nc(C)c(Cl)c3C)[C@H]2SC1. The van der Waals surface area contributed by atoms with E-state index < -0.39 is 29.3 Å². The quantitative estimate of drug-likeness (QED) is 0.456. The summed E-state index contributed by atoms with van der Waals surface area (Å²) in [4.78, 5) is 48.8. The molecule has 0 unspecified atom stereocenters. The molecule has 12 heteroatoms. The second kappa shape index (κ2) is 8.68. The number of nitrogens with one attached hydrogen (secondary N) is 1. The number of carbonyl (C=O) groups is 4. The van der Waals surface area contributed by atoms with E-state index in [0.29, 0.717) is 22.8 Å². The summed E-state index contributed by atoms with van der Waals surface area (Å²) >= 11 is 7.41. The van der Waals surface area contributed by atoms with Gasteiger partial charge in [0.1, 0.15) is 23.7 Å². The average molecular weight is 457 g/mol. The van der Waals surface area contributed by atoms with E-state index in [0.717, 1.165) is 10.6 Å². The fourth-order valence-electron chi connectivity index (χ4n) is 3.33. The summed E-state index contributed by atoms with van der Waals surface area (Å²) in [6.07, 6.45) is 0.0960. The van der Waals surface area contributed by atoms with Crippen LogP contribution in [0.1, 0.15) is 24.7 Å². The number of fused-ring (bicyclic) bond motifs is 1. The Balaban J connectivity index is 1.63. The smallest absolute Gasteiger partial charge is 0.352 e. The van der Waals surface area contributed by atoms with Crippen LogP contribution in [0.15, 0.2) is 11.3 Å². The molecular weight excluding hydrogens is 436 g/mol. The van der Waals surface area contributed by atoms with Gasteiger partial charge in [0.2, 0.25) is 5.91 Å². The predicted molar refractivity (Wildman–Crippen MR) is 108 cm³/mol. The maximum absolute atomic E-state index is 12.6. The van der Waals surface area contributed by atoms with Crippen molar-refractivity contribution in [2.75, 3.05) is 12.4 Å². The van der Waals surface area contributed by atoms with Crippen molar-refractivity contribution in [1.29, 1.82) is 0 Å². The lowest BCUT2D eigenvalue weighted by Crippen LogP contribution is -2.70. The van der Waals surface area contributed by atoms with E-state index in [9.17, 15) is 24.3 Å². The van der Waals surface area contributed by atoms with Crippen LogP contribution in [0.25, 0.3) is 0 Å². The number of nitrogens with zero attached hydrogens (tertiary/aromatic N) is 3. The molecule has 0 radical (unpaired) electrons. The van der Waals surface area contributed by atoms with Crippen molar-refractivity contribution in [3.05, 3.63) is 27.7 Å². The molecule has 2 N–H and O–H groups in total. The fraction of sp³-hybridized carbons (Fsp3) is 0.500. The molecule has 0 spiro atoms. The number of aromatic nitrogens is 2. The molecule has 0 saturated carbocycles. The Bertz CT molecular complexity index is 959. The number of aryl methyl sites for hydroxylation is 2. The van der Waals surface area contributed by atoms with Gasteiger partial charge in [-0.3, -0.25) is 24.0 Å². The van der Waals surface area contributed by atoms with Gasteiger partial charge in [0, 0.05) is 24.7 Å². The van der Waals surface area contributed by atoms with Gasteiger partial charge in [-0.05, 0) is 13.8 Å². The Morgan fingerprint density at radius 3 is 2.63 bits per heavy atom. The van der Waals surface area contributed by atoms with Crippen molar-refractivity contribution < 1.29 is 29.0 Å². The first-order valence-electron chi connectivity index (χ1n) is 9.14. The predicted octanol–water partition coefficient (Wildman–Crippen LogP) is 0.845. The summed E-state index contributed by atoms with van der Waals surface area (Å²) in [5.41, 5.74) is 1.59. The van der Waals surface area contributed by atoms with Crippen LogP contribution >= 0.6 is 23.4 Å². The lowest BCUT2D eigenvalue weighted by molar-refractivity contribution is -0.151. The van der Waals surface area contributed by atoms with Gasteiger partial charge in [0.25, 0.3) is 5.91 Å². The van der Waals surface area contributed by atoms with E-state index in [1.165, 1.54) is 18.7 Å². The van der Waals surface area contributed by atoms with Crippen LogP contribution in [-0.2, 0) is 30.5 Å². The van der Waals surface area contributed by atoms with Crippen molar-refractivity contribution in [3.8, 4) is 0 Å². The van der Waals surface area contributed by atoms with Gasteiger partial charge in [-0.15, -0.1) is 11.8 Å². The van der Waals surface area contributed by atoms with Crippen LogP contribution in [0.5, 0.6) is 0 Å². The number of β-lactam (4-membered cyclic amide) rings is 1. The first-order valence-corrected chi connectivity index (χ1v) is 10.6. The maximum atomic E-state index is 12.6. The summed E-state index contributed by atoms with van der Waals surface area (Å²) in [7, 11) is 0. The highest BCUT2D eigenvalue weighted by molar-refractivity contribution is 8.00. The number of esters is 1. The third-order valence-corrected chi connectivity index (χ3v) is 6.75. The largest absolute Gasteiger partial charge is 0.477 e. The van der Waals surface area contributed by atoms with Gasteiger partial charge in [0.15, 0.2) is 0 Å². The molecule has 1 fully saturated rings. The third-order valence-electron chi connectivity index (χ3n) is 4.86. The Kier molecular flexibility index (Phi) is 6.41. The molecule has 2 atom stereocenters. The summed E-state index contributed by atoms with van der Waals surface area (Å²) in [5.74, 6) is -2.39. The van der Waals surface area contributed by atoms with Crippen LogP contribution in [-0.4, -0.2) is 67.3 Å². The highest BCUT2D eigenvalue weighted by Gasteiger charge is 2.54. The topological polar surface area (TPSA) is 131 Å². The Labute approximate surface area is 181 Å². The first-order chi connectivity index (χ1) is 14.1. The first kappa shape index (κ1) is 22.2. The third kappa shape index (κ3) is 4.17. The van der Waals surface area contributed by atoms with Crippen molar-refractivity contribution in [2.24, 2.45) is 0 Å². The molecule has 30 heavy (non-hydrogen) atoms. The number of carboxylic acid groups (broad SMARTS) is 1. The minimum absolute atomic E-state index is 0.0960. The zero-order valence-corrected chi connectivity index (χ0v) is 18.2. The minimum Gasteiger partial charge on any atom is -0.477 e. The zero-order chi connectivity index (χ0) is 22.2. The highest BCUT2D eigenvalue weighted by atomic mass is 35.5.